The molecule has 0 aliphatic carbocycles. The molecule has 0 aliphatic heterocycles. The number of carbonyl (C=O) groups is 2. The number of hydrogen-bond donors (Lipinski definition) is 1. The number of phosphoric ester groups is 1. The lowest BCUT2D eigenvalue weighted by Crippen LogP contribution is -2.47. The molecule has 0 aromatic rings. The Morgan fingerprint density at radius 3 is 1.50 bits per heavy atom. The van der Waals surface area contributed by atoms with E-state index in [-0.39, 0.29) is 25.4 Å². The van der Waals surface area contributed by atoms with Crippen LogP contribution in [-0.2, 0) is 27.9 Å². The predicted molar refractivity (Wildman–Crippen MR) is 306 cm³/mol. The van der Waals surface area contributed by atoms with Gasteiger partial charge in [-0.3, -0.25) is 14.2 Å². The molecule has 0 aromatic carbocycles. The fourth-order valence-corrected chi connectivity index (χ4v) is 7.67. The molecule has 0 spiro atoms. The quantitative estimate of drug-likeness (QED) is 0.0161. The van der Waals surface area contributed by atoms with Gasteiger partial charge in [0.15, 0.2) is 0 Å². The average Bonchev–Trinajstić information content (AvgIpc) is 3.34. The standard InChI is InChI=1S/C62H101N2O7P/c1-7-10-13-16-19-22-25-28-30-32-34-37-40-43-46-49-52-55-62(66)71-60(53-50-47-44-41-38-35-27-24-21-18-15-12-9-3)59(58-70-72(67,68)69-57-56-64(4,5)6)63-61(65)54-51-48-45-42-39-36-33-31-29-26-23-20-17-14-11-8-2/h10-11,13-14,16,19-20,22-23,25,28-32,34,36-37,39-40,45,48,50,53,59-60H,7-9,12,15,17-18,21,24,26-27,33,35,38,41-44,46-47,49,51-52,54-58H2,1-6H3,(H-,63,65,67,68)/b13-10-,14-11+,19-16+,23-20+,25-22+,30-28-,31-29+,34-32+,39-36+,40-37+,48-45+,53-50+. The summed E-state index contributed by atoms with van der Waals surface area (Å²) in [5.74, 6) is -0.704. The Balaban J connectivity index is 5.63. The SMILES string of the molecule is CC\C=C/C=C/C=C/C=C\C=C\C=C\CCCCCC(=O)OC(/C=C/CCCCCCCCCCCCC)C(COP(=O)([O-])OCC[N+](C)(C)C)NC(=O)CC/C=C/C/C=C/C/C=C/C/C=C/C/C=C/CC. The highest BCUT2D eigenvalue weighted by atomic mass is 31.2. The Kier molecular flexibility index (Phi) is 47.5. The van der Waals surface area contributed by atoms with Crippen molar-refractivity contribution in [3.63, 3.8) is 0 Å². The summed E-state index contributed by atoms with van der Waals surface area (Å²) in [6, 6.07) is -0.957. The van der Waals surface area contributed by atoms with Gasteiger partial charge in [-0.25, -0.2) is 0 Å². The number of likely N-dealkylation sites (N-methyl/N-ethyl adjacent to an activating group) is 1. The molecule has 0 bridgehead atoms. The summed E-state index contributed by atoms with van der Waals surface area (Å²) >= 11 is 0. The first-order valence-electron chi connectivity index (χ1n) is 27.7. The maximum Gasteiger partial charge on any atom is 0.306 e. The van der Waals surface area contributed by atoms with Gasteiger partial charge < -0.3 is 28.5 Å². The molecule has 0 heterocycles. The van der Waals surface area contributed by atoms with Gasteiger partial charge in [0.25, 0.3) is 7.82 Å². The second kappa shape index (κ2) is 50.4. The average molecular weight is 1020 g/mol. The third-order valence-corrected chi connectivity index (χ3v) is 12.2. The Hall–Kier alpha value is -4.11. The van der Waals surface area contributed by atoms with E-state index in [9.17, 15) is 19.0 Å². The van der Waals surface area contributed by atoms with Crippen LogP contribution in [0.15, 0.2) is 146 Å². The molecule has 3 atom stereocenters. The first-order chi connectivity index (χ1) is 34.9. The van der Waals surface area contributed by atoms with Crippen LogP contribution in [0, 0.1) is 0 Å². The third kappa shape index (κ3) is 50.8. The Morgan fingerprint density at radius 1 is 0.514 bits per heavy atom. The number of phosphoric acid groups is 1. The Bertz CT molecular complexity index is 1740. The minimum Gasteiger partial charge on any atom is -0.756 e. The fourth-order valence-electron chi connectivity index (χ4n) is 6.95. The summed E-state index contributed by atoms with van der Waals surface area (Å²) in [6.07, 6.45) is 72.6. The topological polar surface area (TPSA) is 114 Å². The maximum absolute atomic E-state index is 13.4. The molecular formula is C62H101N2O7P. The summed E-state index contributed by atoms with van der Waals surface area (Å²) in [7, 11) is 1.09. The Labute approximate surface area is 440 Å². The molecule has 1 amide bonds. The van der Waals surface area contributed by atoms with Crippen molar-refractivity contribution in [2.24, 2.45) is 0 Å². The number of ether oxygens (including phenoxy) is 1. The van der Waals surface area contributed by atoms with Gasteiger partial charge in [0.1, 0.15) is 19.3 Å². The zero-order chi connectivity index (χ0) is 52.9. The second-order valence-electron chi connectivity index (χ2n) is 19.1. The van der Waals surface area contributed by atoms with Gasteiger partial charge in [0.05, 0.1) is 33.8 Å². The molecule has 10 heteroatoms. The van der Waals surface area contributed by atoms with Crippen LogP contribution in [0.5, 0.6) is 0 Å². The number of esters is 1. The van der Waals surface area contributed by atoms with Crippen molar-refractivity contribution >= 4 is 19.7 Å². The van der Waals surface area contributed by atoms with Crippen LogP contribution < -0.4 is 10.2 Å². The summed E-state index contributed by atoms with van der Waals surface area (Å²) in [5, 5.41) is 2.95. The van der Waals surface area contributed by atoms with E-state index in [1.165, 1.54) is 57.8 Å². The molecule has 1 N–H and O–H groups in total. The summed E-state index contributed by atoms with van der Waals surface area (Å²) in [6.45, 7) is 6.45. The van der Waals surface area contributed by atoms with E-state index in [1.54, 1.807) is 6.08 Å². The van der Waals surface area contributed by atoms with Gasteiger partial charge >= 0.3 is 5.97 Å². The molecular weight excluding hydrogens is 916 g/mol. The van der Waals surface area contributed by atoms with Crippen molar-refractivity contribution in [2.45, 2.75) is 193 Å². The number of nitrogens with one attached hydrogen (secondary N) is 1. The number of quaternary nitrogens is 1. The van der Waals surface area contributed by atoms with E-state index in [0.29, 0.717) is 23.9 Å². The minimum atomic E-state index is -4.74. The maximum atomic E-state index is 13.4. The van der Waals surface area contributed by atoms with E-state index >= 15 is 0 Å². The molecule has 0 radical (unpaired) electrons. The van der Waals surface area contributed by atoms with Crippen molar-refractivity contribution in [3.05, 3.63) is 146 Å². The van der Waals surface area contributed by atoms with E-state index in [1.807, 2.05) is 100 Å². The van der Waals surface area contributed by atoms with Gasteiger partial charge in [-0.05, 0) is 83.1 Å². The highest BCUT2D eigenvalue weighted by Gasteiger charge is 2.27. The van der Waals surface area contributed by atoms with E-state index < -0.39 is 32.5 Å². The summed E-state index contributed by atoms with van der Waals surface area (Å²) in [4.78, 5) is 39.8. The van der Waals surface area contributed by atoms with Crippen molar-refractivity contribution in [1.29, 1.82) is 0 Å². The van der Waals surface area contributed by atoms with Gasteiger partial charge in [-0.15, -0.1) is 0 Å². The minimum absolute atomic E-state index is 0.0521. The van der Waals surface area contributed by atoms with E-state index in [2.05, 4.69) is 86.8 Å². The number of allylic oxidation sites excluding steroid dienone is 23. The summed E-state index contributed by atoms with van der Waals surface area (Å²) in [5.41, 5.74) is 0. The molecule has 406 valence electrons. The number of rotatable bonds is 47. The van der Waals surface area contributed by atoms with Crippen molar-refractivity contribution in [2.75, 3.05) is 40.9 Å². The smallest absolute Gasteiger partial charge is 0.306 e. The molecule has 72 heavy (non-hydrogen) atoms. The molecule has 0 fully saturated rings. The van der Waals surface area contributed by atoms with Gasteiger partial charge in [0, 0.05) is 12.8 Å². The molecule has 3 unspecified atom stereocenters. The zero-order valence-corrected chi connectivity index (χ0v) is 47.0. The first kappa shape index (κ1) is 67.9. The largest absolute Gasteiger partial charge is 0.756 e. The number of nitrogens with zero attached hydrogens (tertiary/aromatic N) is 1. The Morgan fingerprint density at radius 2 is 0.972 bits per heavy atom. The molecule has 0 rings (SSSR count). The lowest BCUT2D eigenvalue weighted by molar-refractivity contribution is -0.870. The number of amides is 1. The lowest BCUT2D eigenvalue weighted by Gasteiger charge is -2.30. The van der Waals surface area contributed by atoms with Crippen LogP contribution in [0.3, 0.4) is 0 Å². The van der Waals surface area contributed by atoms with Crippen LogP contribution >= 0.6 is 7.82 Å². The zero-order valence-electron chi connectivity index (χ0n) is 46.1. The first-order valence-corrected chi connectivity index (χ1v) is 29.2. The number of unbranched alkanes of at least 4 members (excludes halogenated alkanes) is 14. The van der Waals surface area contributed by atoms with Crippen molar-refractivity contribution in [1.82, 2.24) is 5.32 Å². The monoisotopic (exact) mass is 1020 g/mol. The van der Waals surface area contributed by atoms with Gasteiger partial charge in [0.2, 0.25) is 5.91 Å². The highest BCUT2D eigenvalue weighted by molar-refractivity contribution is 7.45. The van der Waals surface area contributed by atoms with Crippen LogP contribution in [0.25, 0.3) is 0 Å². The molecule has 9 nitrogen and oxygen atoms in total. The van der Waals surface area contributed by atoms with Crippen LogP contribution in [0.4, 0.5) is 0 Å². The lowest BCUT2D eigenvalue weighted by atomic mass is 10.0. The normalized spacial score (nSPS) is 14.9. The summed E-state index contributed by atoms with van der Waals surface area (Å²) < 4.78 is 30.1. The highest BCUT2D eigenvalue weighted by Crippen LogP contribution is 2.38. The molecule has 0 saturated carbocycles. The number of carbonyl (C=O) groups excluding carboxylic acids is 2. The third-order valence-electron chi connectivity index (χ3n) is 11.2. The molecule has 0 saturated heterocycles. The van der Waals surface area contributed by atoms with Gasteiger partial charge in [-0.1, -0.05) is 231 Å². The van der Waals surface area contributed by atoms with Crippen molar-refractivity contribution < 1.29 is 37.3 Å². The number of hydrogen-bond acceptors (Lipinski definition) is 7. The molecule has 0 aliphatic rings. The van der Waals surface area contributed by atoms with Crippen LogP contribution in [0.2, 0.25) is 0 Å². The predicted octanol–water partition coefficient (Wildman–Crippen LogP) is 16.1. The van der Waals surface area contributed by atoms with Crippen molar-refractivity contribution in [3.8, 4) is 0 Å². The fraction of sp³-hybridized carbons (Fsp3) is 0.581. The van der Waals surface area contributed by atoms with Crippen LogP contribution in [0.1, 0.15) is 181 Å². The van der Waals surface area contributed by atoms with Gasteiger partial charge in [-0.2, -0.15) is 0 Å². The second-order valence-corrected chi connectivity index (χ2v) is 20.5. The molecule has 0 aromatic heterocycles. The van der Waals surface area contributed by atoms with Crippen LogP contribution in [-0.4, -0.2) is 69.4 Å². The van der Waals surface area contributed by atoms with E-state index in [4.69, 9.17) is 13.8 Å². The van der Waals surface area contributed by atoms with E-state index in [0.717, 1.165) is 77.0 Å².